The van der Waals surface area contributed by atoms with E-state index >= 15 is 0 Å². The molecule has 0 aromatic carbocycles. The number of carbonyl (C=O) groups excluding carboxylic acids is 1. The van der Waals surface area contributed by atoms with Crippen molar-refractivity contribution in [2.45, 2.75) is 13.8 Å². The average molecular weight is 188 g/mol. The van der Waals surface area contributed by atoms with Gasteiger partial charge in [-0.25, -0.2) is 5.01 Å². The van der Waals surface area contributed by atoms with Crippen molar-refractivity contribution in [3.8, 4) is 0 Å². The van der Waals surface area contributed by atoms with Gasteiger partial charge in [-0.2, -0.15) is 0 Å². The molecule has 13 heavy (non-hydrogen) atoms. The molecule has 0 radical (unpaired) electrons. The SMILES string of the molecule is CCN(CC)NC(=O)C[N+](C)(C)C. The van der Waals surface area contributed by atoms with E-state index in [0.717, 1.165) is 13.1 Å². The van der Waals surface area contributed by atoms with Crippen molar-refractivity contribution in [3.05, 3.63) is 0 Å². The van der Waals surface area contributed by atoms with Gasteiger partial charge in [0.25, 0.3) is 5.91 Å². The van der Waals surface area contributed by atoms with E-state index in [4.69, 9.17) is 0 Å². The molecular formula is C9H22N3O+. The van der Waals surface area contributed by atoms with Crippen LogP contribution in [0.5, 0.6) is 0 Å². The van der Waals surface area contributed by atoms with Crippen LogP contribution >= 0.6 is 0 Å². The zero-order valence-corrected chi connectivity index (χ0v) is 9.42. The van der Waals surface area contributed by atoms with Gasteiger partial charge in [0.2, 0.25) is 0 Å². The molecular weight excluding hydrogens is 166 g/mol. The number of nitrogens with zero attached hydrogens (tertiary/aromatic N) is 2. The number of hydrogen-bond acceptors (Lipinski definition) is 2. The van der Waals surface area contributed by atoms with Crippen molar-refractivity contribution in [2.75, 3.05) is 40.8 Å². The van der Waals surface area contributed by atoms with Crippen LogP contribution in [-0.2, 0) is 4.79 Å². The van der Waals surface area contributed by atoms with Crippen LogP contribution in [0.3, 0.4) is 0 Å². The smallest absolute Gasteiger partial charge is 0.289 e. The van der Waals surface area contributed by atoms with Crippen LogP contribution in [0.25, 0.3) is 0 Å². The van der Waals surface area contributed by atoms with Crippen molar-refractivity contribution >= 4 is 5.91 Å². The van der Waals surface area contributed by atoms with Crippen LogP contribution < -0.4 is 5.43 Å². The second kappa shape index (κ2) is 5.19. The lowest BCUT2D eigenvalue weighted by atomic mass is 10.5. The van der Waals surface area contributed by atoms with Gasteiger partial charge in [-0.1, -0.05) is 13.8 Å². The highest BCUT2D eigenvalue weighted by Gasteiger charge is 2.15. The van der Waals surface area contributed by atoms with Crippen molar-refractivity contribution in [3.63, 3.8) is 0 Å². The fourth-order valence-electron chi connectivity index (χ4n) is 1.02. The monoisotopic (exact) mass is 188 g/mol. The molecule has 0 fully saturated rings. The van der Waals surface area contributed by atoms with Gasteiger partial charge in [0.05, 0.1) is 21.1 Å². The first kappa shape index (κ1) is 12.4. The Kier molecular flexibility index (Phi) is 4.95. The molecule has 0 bridgehead atoms. The second-order valence-electron chi connectivity index (χ2n) is 4.16. The van der Waals surface area contributed by atoms with Crippen molar-refractivity contribution < 1.29 is 9.28 Å². The Morgan fingerprint density at radius 3 is 2.00 bits per heavy atom. The second-order valence-corrected chi connectivity index (χ2v) is 4.16. The summed E-state index contributed by atoms with van der Waals surface area (Å²) in [5.41, 5.74) is 2.85. The van der Waals surface area contributed by atoms with E-state index in [-0.39, 0.29) is 5.91 Å². The van der Waals surface area contributed by atoms with Crippen molar-refractivity contribution in [1.82, 2.24) is 10.4 Å². The summed E-state index contributed by atoms with van der Waals surface area (Å²) < 4.78 is 0.660. The molecule has 0 saturated carbocycles. The van der Waals surface area contributed by atoms with Crippen LogP contribution in [0.4, 0.5) is 0 Å². The van der Waals surface area contributed by atoms with E-state index in [9.17, 15) is 4.79 Å². The summed E-state index contributed by atoms with van der Waals surface area (Å²) in [6, 6.07) is 0. The minimum Gasteiger partial charge on any atom is -0.323 e. The minimum atomic E-state index is 0.0798. The fourth-order valence-corrected chi connectivity index (χ4v) is 1.02. The topological polar surface area (TPSA) is 32.3 Å². The maximum Gasteiger partial charge on any atom is 0.289 e. The van der Waals surface area contributed by atoms with Gasteiger partial charge in [0.1, 0.15) is 0 Å². The quantitative estimate of drug-likeness (QED) is 0.489. The summed E-state index contributed by atoms with van der Waals surface area (Å²) in [5, 5.41) is 1.90. The van der Waals surface area contributed by atoms with E-state index in [2.05, 4.69) is 5.43 Å². The third-order valence-corrected chi connectivity index (χ3v) is 1.66. The highest BCUT2D eigenvalue weighted by Crippen LogP contribution is 1.89. The molecule has 78 valence electrons. The van der Waals surface area contributed by atoms with Gasteiger partial charge in [-0.05, 0) is 0 Å². The highest BCUT2D eigenvalue weighted by atomic mass is 16.2. The number of nitrogens with one attached hydrogen (secondary N) is 1. The number of rotatable bonds is 5. The van der Waals surface area contributed by atoms with Gasteiger partial charge >= 0.3 is 0 Å². The molecule has 0 heterocycles. The lowest BCUT2D eigenvalue weighted by Gasteiger charge is -2.25. The Balaban J connectivity index is 3.86. The third-order valence-electron chi connectivity index (χ3n) is 1.66. The lowest BCUT2D eigenvalue weighted by Crippen LogP contribution is -2.49. The van der Waals surface area contributed by atoms with E-state index in [1.54, 1.807) is 0 Å². The third kappa shape index (κ3) is 6.54. The summed E-state index contributed by atoms with van der Waals surface area (Å²) >= 11 is 0. The number of quaternary nitrogens is 1. The summed E-state index contributed by atoms with van der Waals surface area (Å²) in [5.74, 6) is 0.0798. The molecule has 0 aliphatic heterocycles. The molecule has 0 aromatic rings. The molecule has 0 spiro atoms. The van der Waals surface area contributed by atoms with Crippen molar-refractivity contribution in [1.29, 1.82) is 0 Å². The summed E-state index contributed by atoms with van der Waals surface area (Å²) in [6.45, 7) is 6.25. The molecule has 0 atom stereocenters. The maximum atomic E-state index is 11.4. The number of hydrogen-bond donors (Lipinski definition) is 1. The Labute approximate surface area is 81.1 Å². The number of hydrazine groups is 1. The molecule has 0 unspecified atom stereocenters. The zero-order valence-electron chi connectivity index (χ0n) is 9.42. The first-order chi connectivity index (χ1) is 5.89. The van der Waals surface area contributed by atoms with Crippen LogP contribution in [0, 0.1) is 0 Å². The first-order valence-electron chi connectivity index (χ1n) is 4.74. The van der Waals surface area contributed by atoms with Crippen LogP contribution in [-0.4, -0.2) is 56.2 Å². The summed E-state index contributed by atoms with van der Waals surface area (Å²) in [7, 11) is 6.01. The Hall–Kier alpha value is -0.610. The lowest BCUT2D eigenvalue weighted by molar-refractivity contribution is -0.862. The van der Waals surface area contributed by atoms with E-state index in [0.29, 0.717) is 11.0 Å². The van der Waals surface area contributed by atoms with Crippen molar-refractivity contribution in [2.24, 2.45) is 0 Å². The molecule has 0 saturated heterocycles. The summed E-state index contributed by atoms with van der Waals surface area (Å²) in [6.07, 6.45) is 0. The first-order valence-corrected chi connectivity index (χ1v) is 4.74. The molecule has 4 heteroatoms. The predicted octanol–water partition coefficient (Wildman–Crippen LogP) is 0.0656. The highest BCUT2D eigenvalue weighted by molar-refractivity contribution is 5.76. The van der Waals surface area contributed by atoms with Crippen LogP contribution in [0.1, 0.15) is 13.8 Å². The maximum absolute atomic E-state index is 11.4. The molecule has 0 aromatic heterocycles. The number of amides is 1. The normalized spacial score (nSPS) is 11.8. The Bertz CT molecular complexity index is 159. The minimum absolute atomic E-state index is 0.0798. The van der Waals surface area contributed by atoms with Gasteiger partial charge in [0, 0.05) is 13.1 Å². The Morgan fingerprint density at radius 2 is 1.69 bits per heavy atom. The van der Waals surface area contributed by atoms with E-state index in [1.807, 2.05) is 40.0 Å². The average Bonchev–Trinajstić information content (AvgIpc) is 1.96. The molecule has 4 nitrogen and oxygen atoms in total. The molecule has 0 rings (SSSR count). The molecule has 0 aliphatic carbocycles. The van der Waals surface area contributed by atoms with E-state index < -0.39 is 0 Å². The molecule has 0 aliphatic rings. The predicted molar refractivity (Wildman–Crippen MR) is 54.0 cm³/mol. The fraction of sp³-hybridized carbons (Fsp3) is 0.889. The van der Waals surface area contributed by atoms with Crippen LogP contribution in [0.15, 0.2) is 0 Å². The van der Waals surface area contributed by atoms with Gasteiger partial charge < -0.3 is 4.48 Å². The van der Waals surface area contributed by atoms with Gasteiger partial charge in [-0.15, -0.1) is 0 Å². The van der Waals surface area contributed by atoms with Gasteiger partial charge in [0.15, 0.2) is 6.54 Å². The largest absolute Gasteiger partial charge is 0.323 e. The summed E-state index contributed by atoms with van der Waals surface area (Å²) in [4.78, 5) is 11.4. The Morgan fingerprint density at radius 1 is 1.23 bits per heavy atom. The molecule has 1 amide bonds. The van der Waals surface area contributed by atoms with Crippen LogP contribution in [0.2, 0.25) is 0 Å². The standard InChI is InChI=1S/C9H21N3O/c1-6-11(7-2)10-9(13)8-12(3,4)5/h6-8H2,1-5H3/p+1. The number of carbonyl (C=O) groups is 1. The van der Waals surface area contributed by atoms with Gasteiger partial charge in [-0.3, -0.25) is 10.2 Å². The zero-order chi connectivity index (χ0) is 10.5. The van der Waals surface area contributed by atoms with E-state index in [1.165, 1.54) is 0 Å². The molecule has 1 N–H and O–H groups in total. The number of likely N-dealkylation sites (N-methyl/N-ethyl adjacent to an activating group) is 1.